The van der Waals surface area contributed by atoms with E-state index in [1.165, 1.54) is 0 Å². The van der Waals surface area contributed by atoms with Crippen molar-refractivity contribution in [2.24, 2.45) is 7.05 Å². The Bertz CT molecular complexity index is 590. The summed E-state index contributed by atoms with van der Waals surface area (Å²) in [5.74, 6) is -0.661. The fourth-order valence-corrected chi connectivity index (χ4v) is 2.06. The standard InChI is InChI=1S/C10H12N4O3S/c1-5-8(6(2)14(3)13-5)9-11-12-10(17-9)18-4-7(15)16/h4H2,1-3H3,(H,15,16). The molecule has 0 saturated carbocycles. The van der Waals surface area contributed by atoms with E-state index in [1.807, 2.05) is 20.9 Å². The van der Waals surface area contributed by atoms with Crippen LogP contribution >= 0.6 is 11.8 Å². The Morgan fingerprint density at radius 3 is 2.72 bits per heavy atom. The van der Waals surface area contributed by atoms with Gasteiger partial charge >= 0.3 is 5.97 Å². The highest BCUT2D eigenvalue weighted by Gasteiger charge is 2.18. The summed E-state index contributed by atoms with van der Waals surface area (Å²) in [6, 6.07) is 0. The first kappa shape index (κ1) is 12.6. The number of carboxylic acid groups (broad SMARTS) is 1. The van der Waals surface area contributed by atoms with Crippen LogP contribution in [0.25, 0.3) is 11.5 Å². The van der Waals surface area contributed by atoms with Crippen molar-refractivity contribution in [3.05, 3.63) is 11.4 Å². The van der Waals surface area contributed by atoms with Crippen LogP contribution in [0.2, 0.25) is 0 Å². The van der Waals surface area contributed by atoms with Crippen molar-refractivity contribution in [3.63, 3.8) is 0 Å². The SMILES string of the molecule is Cc1nn(C)c(C)c1-c1nnc(SCC(=O)O)o1. The van der Waals surface area contributed by atoms with E-state index in [-0.39, 0.29) is 11.0 Å². The quantitative estimate of drug-likeness (QED) is 0.834. The van der Waals surface area contributed by atoms with Crippen LogP contribution in [-0.2, 0) is 11.8 Å². The van der Waals surface area contributed by atoms with Gasteiger partial charge in [-0.25, -0.2) is 0 Å². The molecule has 0 saturated heterocycles. The number of hydrogen-bond acceptors (Lipinski definition) is 6. The third-order valence-electron chi connectivity index (χ3n) is 2.45. The van der Waals surface area contributed by atoms with E-state index < -0.39 is 5.97 Å². The average molecular weight is 268 g/mol. The number of carbonyl (C=O) groups is 1. The minimum absolute atomic E-state index is 0.105. The van der Waals surface area contributed by atoms with Gasteiger partial charge in [0.2, 0.25) is 0 Å². The molecule has 0 radical (unpaired) electrons. The topological polar surface area (TPSA) is 94.0 Å². The Labute approximate surface area is 107 Å². The van der Waals surface area contributed by atoms with Gasteiger partial charge in [-0.3, -0.25) is 9.48 Å². The Hall–Kier alpha value is -1.83. The zero-order valence-electron chi connectivity index (χ0n) is 10.2. The van der Waals surface area contributed by atoms with Gasteiger partial charge in [-0.2, -0.15) is 5.10 Å². The molecule has 0 unspecified atom stereocenters. The zero-order valence-corrected chi connectivity index (χ0v) is 11.0. The second kappa shape index (κ2) is 4.81. The molecule has 0 fully saturated rings. The van der Waals surface area contributed by atoms with Crippen molar-refractivity contribution < 1.29 is 14.3 Å². The van der Waals surface area contributed by atoms with E-state index in [2.05, 4.69) is 15.3 Å². The van der Waals surface area contributed by atoms with Gasteiger partial charge in [0.25, 0.3) is 11.1 Å². The summed E-state index contributed by atoms with van der Waals surface area (Å²) >= 11 is 0.996. The summed E-state index contributed by atoms with van der Waals surface area (Å²) in [6.45, 7) is 3.76. The summed E-state index contributed by atoms with van der Waals surface area (Å²) in [5, 5.41) is 20.8. The summed E-state index contributed by atoms with van der Waals surface area (Å²) < 4.78 is 7.15. The monoisotopic (exact) mass is 268 g/mol. The summed E-state index contributed by atoms with van der Waals surface area (Å²) in [5.41, 5.74) is 2.52. The molecule has 2 rings (SSSR count). The number of aryl methyl sites for hydroxylation is 2. The fraction of sp³-hybridized carbons (Fsp3) is 0.400. The fourth-order valence-electron chi connectivity index (χ4n) is 1.58. The molecule has 0 bridgehead atoms. The molecule has 0 amide bonds. The molecule has 96 valence electrons. The molecule has 1 N–H and O–H groups in total. The van der Waals surface area contributed by atoms with Crippen LogP contribution in [0.3, 0.4) is 0 Å². The summed E-state index contributed by atoms with van der Waals surface area (Å²) in [6.07, 6.45) is 0. The van der Waals surface area contributed by atoms with Crippen LogP contribution in [0.1, 0.15) is 11.4 Å². The van der Waals surface area contributed by atoms with Crippen LogP contribution in [0.5, 0.6) is 0 Å². The molecule has 0 spiro atoms. The van der Waals surface area contributed by atoms with Crippen molar-refractivity contribution in [2.75, 3.05) is 5.75 Å². The lowest BCUT2D eigenvalue weighted by Gasteiger charge is -1.95. The molecule has 2 aromatic rings. The predicted molar refractivity (Wildman–Crippen MR) is 64.3 cm³/mol. The first-order valence-electron chi connectivity index (χ1n) is 5.17. The molecular weight excluding hydrogens is 256 g/mol. The minimum Gasteiger partial charge on any atom is -0.481 e. The molecule has 2 aromatic heterocycles. The van der Waals surface area contributed by atoms with Gasteiger partial charge in [0.15, 0.2) is 0 Å². The maximum atomic E-state index is 10.4. The van der Waals surface area contributed by atoms with Crippen molar-refractivity contribution in [1.29, 1.82) is 0 Å². The largest absolute Gasteiger partial charge is 0.481 e. The van der Waals surface area contributed by atoms with Crippen LogP contribution in [0.4, 0.5) is 0 Å². The molecule has 0 aliphatic heterocycles. The van der Waals surface area contributed by atoms with E-state index in [0.29, 0.717) is 5.89 Å². The van der Waals surface area contributed by atoms with Crippen molar-refractivity contribution in [1.82, 2.24) is 20.0 Å². The molecular formula is C10H12N4O3S. The molecule has 2 heterocycles. The Morgan fingerprint density at radius 2 is 2.17 bits per heavy atom. The number of carboxylic acids is 1. The average Bonchev–Trinajstić information content (AvgIpc) is 2.83. The van der Waals surface area contributed by atoms with E-state index in [0.717, 1.165) is 28.7 Å². The third-order valence-corrected chi connectivity index (χ3v) is 3.25. The van der Waals surface area contributed by atoms with Gasteiger partial charge in [0, 0.05) is 12.7 Å². The van der Waals surface area contributed by atoms with E-state index in [4.69, 9.17) is 9.52 Å². The highest BCUT2D eigenvalue weighted by Crippen LogP contribution is 2.27. The number of aromatic nitrogens is 4. The Balaban J connectivity index is 2.26. The van der Waals surface area contributed by atoms with Gasteiger partial charge in [-0.05, 0) is 13.8 Å². The third kappa shape index (κ3) is 2.37. The highest BCUT2D eigenvalue weighted by atomic mass is 32.2. The molecule has 8 heteroatoms. The molecule has 7 nitrogen and oxygen atoms in total. The van der Waals surface area contributed by atoms with E-state index >= 15 is 0 Å². The molecule has 0 aliphatic carbocycles. The van der Waals surface area contributed by atoms with Gasteiger partial charge in [-0.1, -0.05) is 11.8 Å². The second-order valence-corrected chi connectivity index (χ2v) is 4.65. The first-order valence-corrected chi connectivity index (χ1v) is 6.16. The van der Waals surface area contributed by atoms with Gasteiger partial charge in [-0.15, -0.1) is 10.2 Å². The predicted octanol–water partition coefficient (Wildman–Crippen LogP) is 1.26. The second-order valence-electron chi connectivity index (χ2n) is 3.72. The van der Waals surface area contributed by atoms with Crippen LogP contribution in [-0.4, -0.2) is 36.8 Å². The summed E-state index contributed by atoms with van der Waals surface area (Å²) in [4.78, 5) is 10.4. The van der Waals surface area contributed by atoms with Crippen molar-refractivity contribution in [3.8, 4) is 11.5 Å². The first-order chi connectivity index (χ1) is 8.49. The lowest BCUT2D eigenvalue weighted by molar-refractivity contribution is -0.133. The Morgan fingerprint density at radius 1 is 1.44 bits per heavy atom. The van der Waals surface area contributed by atoms with E-state index in [9.17, 15) is 4.79 Å². The Kier molecular flexibility index (Phi) is 3.37. The molecule has 0 aliphatic rings. The van der Waals surface area contributed by atoms with Crippen molar-refractivity contribution in [2.45, 2.75) is 19.1 Å². The number of nitrogens with zero attached hydrogens (tertiary/aromatic N) is 4. The van der Waals surface area contributed by atoms with Gasteiger partial charge in [0.05, 0.1) is 11.3 Å². The summed E-state index contributed by atoms with van der Waals surface area (Å²) in [7, 11) is 1.84. The van der Waals surface area contributed by atoms with Crippen LogP contribution in [0, 0.1) is 13.8 Å². The molecule has 0 atom stereocenters. The van der Waals surface area contributed by atoms with E-state index in [1.54, 1.807) is 4.68 Å². The number of hydrogen-bond donors (Lipinski definition) is 1. The normalized spacial score (nSPS) is 10.8. The maximum absolute atomic E-state index is 10.4. The lowest BCUT2D eigenvalue weighted by Crippen LogP contribution is -1.97. The van der Waals surface area contributed by atoms with Gasteiger partial charge in [0.1, 0.15) is 5.75 Å². The number of aliphatic carboxylic acids is 1. The zero-order chi connectivity index (χ0) is 13.3. The van der Waals surface area contributed by atoms with Crippen molar-refractivity contribution >= 4 is 17.7 Å². The highest BCUT2D eigenvalue weighted by molar-refractivity contribution is 7.99. The smallest absolute Gasteiger partial charge is 0.314 e. The van der Waals surface area contributed by atoms with Gasteiger partial charge < -0.3 is 9.52 Å². The lowest BCUT2D eigenvalue weighted by atomic mass is 10.2. The number of thioether (sulfide) groups is 1. The molecule has 0 aromatic carbocycles. The molecule has 18 heavy (non-hydrogen) atoms. The van der Waals surface area contributed by atoms with Crippen LogP contribution < -0.4 is 0 Å². The van der Waals surface area contributed by atoms with Crippen LogP contribution in [0.15, 0.2) is 9.64 Å². The number of rotatable bonds is 4. The maximum Gasteiger partial charge on any atom is 0.314 e. The minimum atomic E-state index is -0.923.